The topological polar surface area (TPSA) is 50.7 Å². The molecule has 4 nitrogen and oxygen atoms in total. The van der Waals surface area contributed by atoms with Gasteiger partial charge in [0.05, 0.1) is 12.2 Å². The van der Waals surface area contributed by atoms with Gasteiger partial charge in [-0.3, -0.25) is 0 Å². The minimum Gasteiger partial charge on any atom is -0.489 e. The van der Waals surface area contributed by atoms with Crippen LogP contribution < -0.4 is 14.8 Å². The molecule has 1 heterocycles. The first-order chi connectivity index (χ1) is 14.7. The van der Waals surface area contributed by atoms with Crippen molar-refractivity contribution in [1.82, 2.24) is 5.32 Å². The van der Waals surface area contributed by atoms with E-state index in [1.165, 1.54) is 6.07 Å². The SMILES string of the molecule is CC(C)COc1ccc(C(CC2CCNCC2)C2(O)CCCCC2)cc1OC(F)(F)F. The summed E-state index contributed by atoms with van der Waals surface area (Å²) in [6.45, 7) is 6.06. The third kappa shape index (κ3) is 7.01. The van der Waals surface area contributed by atoms with Gasteiger partial charge in [0.25, 0.3) is 0 Å². The Morgan fingerprint density at radius 2 is 1.77 bits per heavy atom. The molecule has 7 heteroatoms. The van der Waals surface area contributed by atoms with E-state index in [0.29, 0.717) is 30.9 Å². The Balaban J connectivity index is 1.93. The molecule has 1 aromatic carbocycles. The van der Waals surface area contributed by atoms with Crippen LogP contribution in [-0.2, 0) is 0 Å². The summed E-state index contributed by atoms with van der Waals surface area (Å²) in [7, 11) is 0. The molecule has 176 valence electrons. The van der Waals surface area contributed by atoms with E-state index < -0.39 is 12.0 Å². The van der Waals surface area contributed by atoms with E-state index in [0.717, 1.165) is 51.6 Å². The number of aliphatic hydroxyl groups is 1. The Morgan fingerprint density at radius 1 is 1.10 bits per heavy atom. The summed E-state index contributed by atoms with van der Waals surface area (Å²) in [6.07, 6.45) is 2.36. The highest BCUT2D eigenvalue weighted by Crippen LogP contribution is 2.46. The Morgan fingerprint density at radius 3 is 2.39 bits per heavy atom. The lowest BCUT2D eigenvalue weighted by atomic mass is 9.69. The quantitative estimate of drug-likeness (QED) is 0.534. The summed E-state index contributed by atoms with van der Waals surface area (Å²) >= 11 is 0. The molecule has 2 N–H and O–H groups in total. The summed E-state index contributed by atoms with van der Waals surface area (Å²) in [6, 6.07) is 4.83. The highest BCUT2D eigenvalue weighted by atomic mass is 19.4. The van der Waals surface area contributed by atoms with E-state index in [1.54, 1.807) is 6.07 Å². The van der Waals surface area contributed by atoms with Crippen molar-refractivity contribution in [3.8, 4) is 11.5 Å². The Hall–Kier alpha value is -1.47. The van der Waals surface area contributed by atoms with Crippen LogP contribution in [0.3, 0.4) is 0 Å². The average Bonchev–Trinajstić information content (AvgIpc) is 2.71. The maximum Gasteiger partial charge on any atom is 0.573 e. The zero-order chi connectivity index (χ0) is 22.5. The minimum atomic E-state index is -4.80. The molecule has 1 aliphatic heterocycles. The van der Waals surface area contributed by atoms with Crippen LogP contribution in [0.2, 0.25) is 0 Å². The molecule has 0 aromatic heterocycles. The standard InChI is InChI=1S/C24H36F3NO3/c1-17(2)16-30-21-7-6-19(15-22(21)31-24(25,26)27)20(14-18-8-12-28-13-9-18)23(29)10-4-3-5-11-23/h6-7,15,17-18,20,28-29H,3-5,8-14,16H2,1-2H3. The summed E-state index contributed by atoms with van der Waals surface area (Å²) < 4.78 is 49.3. The van der Waals surface area contributed by atoms with Gasteiger partial charge in [-0.15, -0.1) is 13.2 Å². The highest BCUT2D eigenvalue weighted by molar-refractivity contribution is 5.45. The molecule has 2 fully saturated rings. The number of nitrogens with one attached hydrogen (secondary N) is 1. The van der Waals surface area contributed by atoms with Gasteiger partial charge >= 0.3 is 6.36 Å². The molecule has 1 unspecified atom stereocenters. The molecule has 1 atom stereocenters. The molecular weight excluding hydrogens is 407 g/mol. The highest BCUT2D eigenvalue weighted by Gasteiger charge is 2.41. The van der Waals surface area contributed by atoms with Crippen LogP contribution in [0, 0.1) is 11.8 Å². The number of hydrogen-bond acceptors (Lipinski definition) is 4. The number of benzene rings is 1. The maximum atomic E-state index is 13.1. The van der Waals surface area contributed by atoms with Crippen LogP contribution >= 0.6 is 0 Å². The zero-order valence-corrected chi connectivity index (χ0v) is 18.6. The Labute approximate surface area is 183 Å². The Kier molecular flexibility index (Phi) is 8.14. The van der Waals surface area contributed by atoms with Crippen molar-refractivity contribution in [2.75, 3.05) is 19.7 Å². The second-order valence-corrected chi connectivity index (χ2v) is 9.60. The molecule has 3 rings (SSSR count). The van der Waals surface area contributed by atoms with E-state index in [1.807, 2.05) is 19.9 Å². The van der Waals surface area contributed by atoms with Gasteiger partial charge in [0.2, 0.25) is 0 Å². The van der Waals surface area contributed by atoms with Crippen molar-refractivity contribution >= 4 is 0 Å². The van der Waals surface area contributed by atoms with E-state index in [9.17, 15) is 18.3 Å². The third-order valence-corrected chi connectivity index (χ3v) is 6.56. The van der Waals surface area contributed by atoms with E-state index in [-0.39, 0.29) is 23.3 Å². The maximum absolute atomic E-state index is 13.1. The summed E-state index contributed by atoms with van der Waals surface area (Å²) in [5.74, 6) is 0.173. The van der Waals surface area contributed by atoms with E-state index >= 15 is 0 Å². The van der Waals surface area contributed by atoms with Gasteiger partial charge in [-0.25, -0.2) is 0 Å². The average molecular weight is 444 g/mol. The fourth-order valence-electron chi connectivity index (χ4n) is 4.95. The molecule has 0 radical (unpaired) electrons. The first-order valence-corrected chi connectivity index (χ1v) is 11.6. The van der Waals surface area contributed by atoms with Crippen molar-refractivity contribution in [2.24, 2.45) is 11.8 Å². The predicted molar refractivity (Wildman–Crippen MR) is 114 cm³/mol. The lowest BCUT2D eigenvalue weighted by Crippen LogP contribution is -2.40. The van der Waals surface area contributed by atoms with Crippen molar-refractivity contribution < 1.29 is 27.8 Å². The van der Waals surface area contributed by atoms with E-state index in [2.05, 4.69) is 10.1 Å². The van der Waals surface area contributed by atoms with Crippen LogP contribution in [0.5, 0.6) is 11.5 Å². The van der Waals surface area contributed by atoms with Crippen LogP contribution in [0.1, 0.15) is 76.7 Å². The molecule has 1 aliphatic carbocycles. The molecule has 0 bridgehead atoms. The first-order valence-electron chi connectivity index (χ1n) is 11.6. The van der Waals surface area contributed by atoms with Crippen molar-refractivity contribution in [3.05, 3.63) is 23.8 Å². The van der Waals surface area contributed by atoms with E-state index in [4.69, 9.17) is 4.74 Å². The lowest BCUT2D eigenvalue weighted by molar-refractivity contribution is -0.275. The van der Waals surface area contributed by atoms with Gasteiger partial charge in [0, 0.05) is 5.92 Å². The van der Waals surface area contributed by atoms with Gasteiger partial charge < -0.3 is 19.9 Å². The first kappa shape index (κ1) is 24.2. The molecule has 1 saturated carbocycles. The minimum absolute atomic E-state index is 0.0889. The predicted octanol–water partition coefficient (Wildman–Crippen LogP) is 5.79. The van der Waals surface area contributed by atoms with Gasteiger partial charge in [0.15, 0.2) is 11.5 Å². The molecule has 0 amide bonds. The number of ether oxygens (including phenoxy) is 2. The molecule has 1 saturated heterocycles. The molecular formula is C24H36F3NO3. The van der Waals surface area contributed by atoms with Crippen LogP contribution in [0.15, 0.2) is 18.2 Å². The van der Waals surface area contributed by atoms with Gasteiger partial charge in [-0.05, 0) is 74.7 Å². The number of halogens is 3. The number of hydrogen-bond donors (Lipinski definition) is 2. The molecule has 0 spiro atoms. The van der Waals surface area contributed by atoms with Crippen LogP contribution in [0.4, 0.5) is 13.2 Å². The fraction of sp³-hybridized carbons (Fsp3) is 0.750. The monoisotopic (exact) mass is 443 g/mol. The smallest absolute Gasteiger partial charge is 0.489 e. The number of alkyl halides is 3. The largest absolute Gasteiger partial charge is 0.573 e. The molecule has 1 aromatic rings. The zero-order valence-electron chi connectivity index (χ0n) is 18.6. The van der Waals surface area contributed by atoms with Gasteiger partial charge in [-0.2, -0.15) is 0 Å². The van der Waals surface area contributed by atoms with Crippen molar-refractivity contribution in [2.45, 2.75) is 83.1 Å². The second kappa shape index (κ2) is 10.4. The second-order valence-electron chi connectivity index (χ2n) is 9.60. The summed E-state index contributed by atoms with van der Waals surface area (Å²) in [5.41, 5.74) is -0.182. The van der Waals surface area contributed by atoms with Crippen molar-refractivity contribution in [1.29, 1.82) is 0 Å². The van der Waals surface area contributed by atoms with Crippen LogP contribution in [0.25, 0.3) is 0 Å². The van der Waals surface area contributed by atoms with Gasteiger partial charge in [-0.1, -0.05) is 39.2 Å². The lowest BCUT2D eigenvalue weighted by Gasteiger charge is -2.42. The van der Waals surface area contributed by atoms with Crippen molar-refractivity contribution in [3.63, 3.8) is 0 Å². The fourth-order valence-corrected chi connectivity index (χ4v) is 4.95. The normalized spacial score (nSPS) is 21.1. The molecule has 31 heavy (non-hydrogen) atoms. The summed E-state index contributed by atoms with van der Waals surface area (Å²) in [5, 5.41) is 14.9. The third-order valence-electron chi connectivity index (χ3n) is 6.56. The summed E-state index contributed by atoms with van der Waals surface area (Å²) in [4.78, 5) is 0. The van der Waals surface area contributed by atoms with Crippen LogP contribution in [-0.4, -0.2) is 36.8 Å². The number of rotatable bonds is 8. The Bertz CT molecular complexity index is 696. The number of piperidine rings is 1. The molecule has 2 aliphatic rings. The van der Waals surface area contributed by atoms with Gasteiger partial charge in [0.1, 0.15) is 0 Å².